The van der Waals surface area contributed by atoms with E-state index in [1.165, 1.54) is 16.0 Å². The van der Waals surface area contributed by atoms with Gasteiger partial charge in [0, 0.05) is 39.1 Å². The van der Waals surface area contributed by atoms with Crippen molar-refractivity contribution in [2.24, 2.45) is 17.8 Å². The SMILES string of the molecule is COc1cc2c(cc1OC)C1CC(COC(=O)N(C)CCCC(=O)O)C(CC(C)C)CN1CC2. The van der Waals surface area contributed by atoms with Gasteiger partial charge < -0.3 is 24.2 Å². The van der Waals surface area contributed by atoms with Crippen LogP contribution < -0.4 is 9.47 Å². The molecule has 0 aromatic heterocycles. The number of hydrogen-bond acceptors (Lipinski definition) is 6. The summed E-state index contributed by atoms with van der Waals surface area (Å²) in [6, 6.07) is 4.49. The molecule has 0 aliphatic carbocycles. The number of rotatable bonds is 10. The number of benzene rings is 1. The van der Waals surface area contributed by atoms with E-state index in [0.29, 0.717) is 31.4 Å². The van der Waals surface area contributed by atoms with Gasteiger partial charge in [-0.3, -0.25) is 9.69 Å². The molecular weight excluding hydrogens is 436 g/mol. The Kier molecular flexibility index (Phi) is 9.05. The van der Waals surface area contributed by atoms with Crippen LogP contribution in [-0.4, -0.2) is 74.5 Å². The zero-order valence-corrected chi connectivity index (χ0v) is 21.2. The van der Waals surface area contributed by atoms with Crippen molar-refractivity contribution in [1.82, 2.24) is 9.80 Å². The van der Waals surface area contributed by atoms with Crippen LogP contribution in [-0.2, 0) is 16.0 Å². The number of carboxylic acids is 1. The van der Waals surface area contributed by atoms with Crippen LogP contribution in [0.5, 0.6) is 11.5 Å². The van der Waals surface area contributed by atoms with E-state index in [1.54, 1.807) is 21.3 Å². The predicted octanol–water partition coefficient (Wildman–Crippen LogP) is 4.22. The predicted molar refractivity (Wildman–Crippen MR) is 129 cm³/mol. The molecule has 34 heavy (non-hydrogen) atoms. The van der Waals surface area contributed by atoms with Crippen LogP contribution in [0.3, 0.4) is 0 Å². The molecule has 1 amide bonds. The maximum Gasteiger partial charge on any atom is 0.409 e. The van der Waals surface area contributed by atoms with Crippen molar-refractivity contribution in [3.63, 3.8) is 0 Å². The number of hydrogen-bond donors (Lipinski definition) is 1. The molecule has 1 saturated heterocycles. The zero-order valence-electron chi connectivity index (χ0n) is 21.2. The first kappa shape index (κ1) is 26.1. The lowest BCUT2D eigenvalue weighted by atomic mass is 9.74. The third kappa shape index (κ3) is 6.34. The average molecular weight is 477 g/mol. The summed E-state index contributed by atoms with van der Waals surface area (Å²) in [5.41, 5.74) is 2.59. The number of carbonyl (C=O) groups excluding carboxylic acids is 1. The first-order chi connectivity index (χ1) is 16.2. The standard InChI is InChI=1S/C26H40N2O6/c1-17(2)11-19-15-28-10-8-18-13-23(32-4)24(33-5)14-21(18)22(28)12-20(19)16-34-26(31)27(3)9-6-7-25(29)30/h13-14,17,19-20,22H,6-12,15-16H2,1-5H3,(H,29,30). The van der Waals surface area contributed by atoms with Gasteiger partial charge in [-0.2, -0.15) is 0 Å². The zero-order chi connectivity index (χ0) is 24.8. The van der Waals surface area contributed by atoms with Gasteiger partial charge in [0.05, 0.1) is 20.8 Å². The quantitative estimate of drug-likeness (QED) is 0.541. The molecule has 8 heteroatoms. The molecular formula is C26H40N2O6. The van der Waals surface area contributed by atoms with Crippen LogP contribution in [0.1, 0.15) is 56.7 Å². The van der Waals surface area contributed by atoms with Crippen molar-refractivity contribution in [2.75, 3.05) is 47.5 Å². The summed E-state index contributed by atoms with van der Waals surface area (Å²) >= 11 is 0. The number of piperidine rings is 1. The van der Waals surface area contributed by atoms with Gasteiger partial charge in [-0.1, -0.05) is 13.8 Å². The number of fused-ring (bicyclic) bond motifs is 3. The molecule has 3 atom stereocenters. The molecule has 2 heterocycles. The fourth-order valence-electron chi connectivity index (χ4n) is 5.43. The van der Waals surface area contributed by atoms with Crippen LogP contribution in [0, 0.1) is 17.8 Å². The topological polar surface area (TPSA) is 88.5 Å². The summed E-state index contributed by atoms with van der Waals surface area (Å²) in [5, 5.41) is 8.81. The first-order valence-corrected chi connectivity index (χ1v) is 12.3. The van der Waals surface area contributed by atoms with Crippen LogP contribution in [0.4, 0.5) is 4.79 Å². The molecule has 2 aliphatic heterocycles. The fourth-order valence-corrected chi connectivity index (χ4v) is 5.43. The monoisotopic (exact) mass is 476 g/mol. The molecule has 0 saturated carbocycles. The third-order valence-electron chi connectivity index (χ3n) is 7.17. The summed E-state index contributed by atoms with van der Waals surface area (Å²) in [6.07, 6.45) is 3.09. The minimum atomic E-state index is -0.855. The lowest BCUT2D eigenvalue weighted by Gasteiger charge is -2.47. The molecule has 3 rings (SSSR count). The number of ether oxygens (including phenoxy) is 3. The number of carbonyl (C=O) groups is 2. The van der Waals surface area contributed by atoms with E-state index in [9.17, 15) is 9.59 Å². The third-order valence-corrected chi connectivity index (χ3v) is 7.17. The van der Waals surface area contributed by atoms with E-state index < -0.39 is 5.97 Å². The van der Waals surface area contributed by atoms with Gasteiger partial charge >= 0.3 is 12.1 Å². The largest absolute Gasteiger partial charge is 0.493 e. The second kappa shape index (κ2) is 11.8. The van der Waals surface area contributed by atoms with Crippen molar-refractivity contribution < 1.29 is 28.9 Å². The molecule has 0 bridgehead atoms. The highest BCUT2D eigenvalue weighted by atomic mass is 16.6. The number of nitrogens with zero attached hydrogens (tertiary/aromatic N) is 2. The van der Waals surface area contributed by atoms with Crippen LogP contribution in [0.2, 0.25) is 0 Å². The fraction of sp³-hybridized carbons (Fsp3) is 0.692. The van der Waals surface area contributed by atoms with Gasteiger partial charge in [0.15, 0.2) is 11.5 Å². The van der Waals surface area contributed by atoms with Crippen molar-refractivity contribution in [1.29, 1.82) is 0 Å². The molecule has 2 aliphatic rings. The summed E-state index contributed by atoms with van der Waals surface area (Å²) < 4.78 is 16.8. The van der Waals surface area contributed by atoms with Crippen molar-refractivity contribution >= 4 is 12.1 Å². The van der Waals surface area contributed by atoms with E-state index >= 15 is 0 Å². The normalized spacial score (nSPS) is 22.0. The van der Waals surface area contributed by atoms with E-state index in [-0.39, 0.29) is 24.5 Å². The second-order valence-corrected chi connectivity index (χ2v) is 10.0. The number of amides is 1. The molecule has 1 fully saturated rings. The van der Waals surface area contributed by atoms with Crippen LogP contribution in [0.15, 0.2) is 12.1 Å². The molecule has 1 aromatic rings. The van der Waals surface area contributed by atoms with E-state index in [4.69, 9.17) is 19.3 Å². The Morgan fingerprint density at radius 1 is 1.18 bits per heavy atom. The maximum atomic E-state index is 12.5. The molecule has 1 aromatic carbocycles. The number of aliphatic carboxylic acids is 1. The highest BCUT2D eigenvalue weighted by molar-refractivity contribution is 5.68. The molecule has 0 spiro atoms. The van der Waals surface area contributed by atoms with Gasteiger partial charge in [0.1, 0.15) is 0 Å². The summed E-state index contributed by atoms with van der Waals surface area (Å²) in [7, 11) is 4.99. The Morgan fingerprint density at radius 3 is 2.53 bits per heavy atom. The minimum absolute atomic E-state index is 0.0435. The van der Waals surface area contributed by atoms with Crippen LogP contribution >= 0.6 is 0 Å². The van der Waals surface area contributed by atoms with E-state index in [2.05, 4.69) is 30.9 Å². The minimum Gasteiger partial charge on any atom is -0.493 e. The van der Waals surface area contributed by atoms with Crippen molar-refractivity contribution in [3.8, 4) is 11.5 Å². The average Bonchev–Trinajstić information content (AvgIpc) is 2.80. The molecule has 3 unspecified atom stereocenters. The molecule has 190 valence electrons. The maximum absolute atomic E-state index is 12.5. The van der Waals surface area contributed by atoms with Gasteiger partial charge in [0.2, 0.25) is 0 Å². The number of methoxy groups -OCH3 is 2. The van der Waals surface area contributed by atoms with Crippen LogP contribution in [0.25, 0.3) is 0 Å². The smallest absolute Gasteiger partial charge is 0.409 e. The summed E-state index contributed by atoms with van der Waals surface area (Å²) in [6.45, 7) is 7.25. The molecule has 0 radical (unpaired) electrons. The van der Waals surface area contributed by atoms with Gasteiger partial charge in [-0.15, -0.1) is 0 Å². The van der Waals surface area contributed by atoms with Crippen molar-refractivity contribution in [2.45, 2.75) is 52.0 Å². The summed E-state index contributed by atoms with van der Waals surface area (Å²) in [5.74, 6) is 1.95. The Morgan fingerprint density at radius 2 is 1.88 bits per heavy atom. The number of carboxylic acid groups (broad SMARTS) is 1. The highest BCUT2D eigenvalue weighted by Crippen LogP contribution is 2.45. The Balaban J connectivity index is 1.72. The summed E-state index contributed by atoms with van der Waals surface area (Å²) in [4.78, 5) is 27.3. The lowest BCUT2D eigenvalue weighted by Crippen LogP contribution is -2.47. The lowest BCUT2D eigenvalue weighted by molar-refractivity contribution is -0.137. The van der Waals surface area contributed by atoms with E-state index in [1.807, 2.05) is 0 Å². The van der Waals surface area contributed by atoms with Gasteiger partial charge in [-0.25, -0.2) is 4.79 Å². The van der Waals surface area contributed by atoms with Gasteiger partial charge in [0.25, 0.3) is 0 Å². The Hall–Kier alpha value is -2.48. The Labute approximate surface area is 203 Å². The molecule has 1 N–H and O–H groups in total. The first-order valence-electron chi connectivity index (χ1n) is 12.3. The Bertz CT molecular complexity index is 858. The van der Waals surface area contributed by atoms with Crippen molar-refractivity contribution in [3.05, 3.63) is 23.3 Å². The highest BCUT2D eigenvalue weighted by Gasteiger charge is 2.40. The molecule has 8 nitrogen and oxygen atoms in total. The van der Waals surface area contributed by atoms with Gasteiger partial charge in [-0.05, 0) is 66.7 Å². The van der Waals surface area contributed by atoms with E-state index in [0.717, 1.165) is 43.9 Å². The second-order valence-electron chi connectivity index (χ2n) is 10.0.